The Bertz CT molecular complexity index is 1110. The SMILES string of the molecule is Cc1ccccc1-c1nnc(SCCCN2CC3CCN(c4c(F)cccc4F)C3C2)n1C. The van der Waals surface area contributed by atoms with Crippen LogP contribution in [-0.2, 0) is 7.05 Å². The van der Waals surface area contributed by atoms with Crippen molar-refractivity contribution in [3.63, 3.8) is 0 Å². The summed E-state index contributed by atoms with van der Waals surface area (Å²) in [5.41, 5.74) is 2.45. The number of aromatic nitrogens is 3. The molecular formula is C25H29F2N5S. The Hall–Kier alpha value is -2.45. The predicted octanol–water partition coefficient (Wildman–Crippen LogP) is 4.76. The molecule has 0 radical (unpaired) electrons. The lowest BCUT2D eigenvalue weighted by molar-refractivity contribution is 0.318. The quantitative estimate of drug-likeness (QED) is 0.368. The number of hydrogen-bond acceptors (Lipinski definition) is 5. The topological polar surface area (TPSA) is 37.2 Å². The minimum Gasteiger partial charge on any atom is -0.362 e. The molecule has 0 aliphatic carbocycles. The third-order valence-electron chi connectivity index (χ3n) is 6.92. The molecule has 2 atom stereocenters. The Kier molecular flexibility index (Phi) is 6.38. The molecule has 33 heavy (non-hydrogen) atoms. The maximum absolute atomic E-state index is 14.3. The normalized spacial score (nSPS) is 20.5. The van der Waals surface area contributed by atoms with Crippen molar-refractivity contribution >= 4 is 17.4 Å². The molecule has 1 aromatic heterocycles. The van der Waals surface area contributed by atoms with E-state index in [0.717, 1.165) is 61.3 Å². The summed E-state index contributed by atoms with van der Waals surface area (Å²) in [7, 11) is 2.02. The first kappa shape index (κ1) is 22.3. The molecule has 2 saturated heterocycles. The van der Waals surface area contributed by atoms with Gasteiger partial charge in [-0.15, -0.1) is 10.2 Å². The van der Waals surface area contributed by atoms with E-state index < -0.39 is 11.6 Å². The standard InChI is InChI=1S/C25H29F2N5S/c1-17-7-3-4-8-19(17)24-28-29-25(30(24)2)33-14-6-12-31-15-18-11-13-32(22(18)16-31)23-20(26)9-5-10-21(23)27/h3-5,7-10,18,22H,6,11-16H2,1-2H3. The predicted molar refractivity (Wildman–Crippen MR) is 129 cm³/mol. The van der Waals surface area contributed by atoms with Gasteiger partial charge in [0.2, 0.25) is 0 Å². The molecule has 2 aliphatic rings. The molecule has 0 N–H and O–H groups in total. The van der Waals surface area contributed by atoms with Crippen LogP contribution in [0.25, 0.3) is 11.4 Å². The maximum atomic E-state index is 14.3. The summed E-state index contributed by atoms with van der Waals surface area (Å²) >= 11 is 1.73. The van der Waals surface area contributed by atoms with Gasteiger partial charge in [-0.05, 0) is 49.9 Å². The molecule has 3 heterocycles. The van der Waals surface area contributed by atoms with Gasteiger partial charge in [0.1, 0.15) is 17.3 Å². The maximum Gasteiger partial charge on any atom is 0.191 e. The molecule has 0 spiro atoms. The zero-order valence-electron chi connectivity index (χ0n) is 19.0. The Morgan fingerprint density at radius 2 is 1.82 bits per heavy atom. The second kappa shape index (κ2) is 9.43. The molecule has 5 rings (SSSR count). The van der Waals surface area contributed by atoms with Crippen molar-refractivity contribution in [2.75, 3.05) is 36.8 Å². The van der Waals surface area contributed by atoms with E-state index in [1.165, 1.54) is 23.8 Å². The lowest BCUT2D eigenvalue weighted by Gasteiger charge is -2.27. The first-order valence-electron chi connectivity index (χ1n) is 11.5. The monoisotopic (exact) mass is 469 g/mol. The highest BCUT2D eigenvalue weighted by atomic mass is 32.2. The van der Waals surface area contributed by atoms with Crippen molar-refractivity contribution < 1.29 is 8.78 Å². The molecule has 0 bridgehead atoms. The van der Waals surface area contributed by atoms with Crippen LogP contribution in [0.2, 0.25) is 0 Å². The van der Waals surface area contributed by atoms with E-state index in [2.05, 4.69) is 38.7 Å². The second-order valence-electron chi connectivity index (χ2n) is 9.02. The Morgan fingerprint density at radius 3 is 2.61 bits per heavy atom. The number of rotatable bonds is 7. The largest absolute Gasteiger partial charge is 0.362 e. The number of anilines is 1. The van der Waals surface area contributed by atoms with Gasteiger partial charge in [-0.2, -0.15) is 0 Å². The number of likely N-dealkylation sites (tertiary alicyclic amines) is 1. The van der Waals surface area contributed by atoms with Gasteiger partial charge in [-0.25, -0.2) is 8.78 Å². The van der Waals surface area contributed by atoms with Crippen LogP contribution in [0.4, 0.5) is 14.5 Å². The average Bonchev–Trinajstić information content (AvgIpc) is 3.47. The van der Waals surface area contributed by atoms with E-state index in [-0.39, 0.29) is 11.7 Å². The molecule has 3 aromatic rings. The fraction of sp³-hybridized carbons (Fsp3) is 0.440. The van der Waals surface area contributed by atoms with Crippen molar-refractivity contribution in [3.05, 3.63) is 59.7 Å². The summed E-state index contributed by atoms with van der Waals surface area (Å²) in [5.74, 6) is 1.41. The highest BCUT2D eigenvalue weighted by Crippen LogP contribution is 2.37. The van der Waals surface area contributed by atoms with E-state index in [1.54, 1.807) is 11.8 Å². The van der Waals surface area contributed by atoms with Gasteiger partial charge in [0.05, 0.1) is 0 Å². The number of aryl methyl sites for hydroxylation is 1. The van der Waals surface area contributed by atoms with E-state index >= 15 is 0 Å². The van der Waals surface area contributed by atoms with E-state index in [1.807, 2.05) is 24.1 Å². The number of benzene rings is 2. The molecular weight excluding hydrogens is 440 g/mol. The van der Waals surface area contributed by atoms with Gasteiger partial charge in [-0.1, -0.05) is 42.1 Å². The summed E-state index contributed by atoms with van der Waals surface area (Å²) in [5, 5.41) is 9.73. The lowest BCUT2D eigenvalue weighted by Crippen LogP contribution is -2.36. The van der Waals surface area contributed by atoms with Crippen LogP contribution in [0.5, 0.6) is 0 Å². The van der Waals surface area contributed by atoms with Gasteiger partial charge in [0, 0.05) is 44.0 Å². The Balaban J connectivity index is 1.14. The highest BCUT2D eigenvalue weighted by molar-refractivity contribution is 7.99. The number of halogens is 2. The minimum atomic E-state index is -0.459. The van der Waals surface area contributed by atoms with Crippen LogP contribution in [0.3, 0.4) is 0 Å². The average molecular weight is 470 g/mol. The molecule has 2 unspecified atom stereocenters. The van der Waals surface area contributed by atoms with Crippen LogP contribution in [0.15, 0.2) is 47.6 Å². The zero-order chi connectivity index (χ0) is 22.9. The Morgan fingerprint density at radius 1 is 1.03 bits per heavy atom. The fourth-order valence-electron chi connectivity index (χ4n) is 5.22. The van der Waals surface area contributed by atoms with E-state index in [4.69, 9.17) is 0 Å². The van der Waals surface area contributed by atoms with Crippen LogP contribution >= 0.6 is 11.8 Å². The number of fused-ring (bicyclic) bond motifs is 1. The summed E-state index contributed by atoms with van der Waals surface area (Å²) in [6.07, 6.45) is 2.02. The van der Waals surface area contributed by atoms with Crippen molar-refractivity contribution in [2.45, 2.75) is 31.0 Å². The van der Waals surface area contributed by atoms with Crippen LogP contribution in [0, 0.1) is 24.5 Å². The molecule has 5 nitrogen and oxygen atoms in total. The van der Waals surface area contributed by atoms with Crippen LogP contribution < -0.4 is 4.90 Å². The minimum absolute atomic E-state index is 0.147. The van der Waals surface area contributed by atoms with Gasteiger partial charge < -0.3 is 14.4 Å². The van der Waals surface area contributed by atoms with Crippen molar-refractivity contribution in [1.29, 1.82) is 0 Å². The fourth-order valence-corrected chi connectivity index (χ4v) is 6.06. The first-order valence-corrected chi connectivity index (χ1v) is 12.5. The zero-order valence-corrected chi connectivity index (χ0v) is 19.9. The highest BCUT2D eigenvalue weighted by Gasteiger charge is 2.42. The smallest absolute Gasteiger partial charge is 0.191 e. The van der Waals surface area contributed by atoms with Crippen molar-refractivity contribution in [1.82, 2.24) is 19.7 Å². The van der Waals surface area contributed by atoms with Crippen molar-refractivity contribution in [3.8, 4) is 11.4 Å². The third kappa shape index (κ3) is 4.38. The van der Waals surface area contributed by atoms with Gasteiger partial charge in [-0.3, -0.25) is 0 Å². The number of para-hydroxylation sites is 1. The number of nitrogens with zero attached hydrogens (tertiary/aromatic N) is 5. The number of thioether (sulfide) groups is 1. The molecule has 174 valence electrons. The lowest BCUT2D eigenvalue weighted by atomic mass is 10.0. The van der Waals surface area contributed by atoms with Gasteiger partial charge in [0.25, 0.3) is 0 Å². The van der Waals surface area contributed by atoms with E-state index in [0.29, 0.717) is 5.92 Å². The summed E-state index contributed by atoms with van der Waals surface area (Å²) in [6.45, 7) is 5.67. The molecule has 2 fully saturated rings. The first-order chi connectivity index (χ1) is 16.0. The molecule has 8 heteroatoms. The second-order valence-corrected chi connectivity index (χ2v) is 10.1. The van der Waals surface area contributed by atoms with Gasteiger partial charge >= 0.3 is 0 Å². The molecule has 2 aliphatic heterocycles. The summed E-state index contributed by atoms with van der Waals surface area (Å²) < 4.78 is 30.7. The van der Waals surface area contributed by atoms with Crippen LogP contribution in [-0.4, -0.2) is 57.6 Å². The Labute approximate surface area is 197 Å². The summed E-state index contributed by atoms with van der Waals surface area (Å²) in [4.78, 5) is 4.40. The molecule has 2 aromatic carbocycles. The molecule has 0 amide bonds. The number of hydrogen-bond donors (Lipinski definition) is 0. The molecule has 0 saturated carbocycles. The van der Waals surface area contributed by atoms with Crippen LogP contribution in [0.1, 0.15) is 18.4 Å². The third-order valence-corrected chi connectivity index (χ3v) is 8.03. The van der Waals surface area contributed by atoms with E-state index in [9.17, 15) is 8.78 Å². The van der Waals surface area contributed by atoms with Gasteiger partial charge in [0.15, 0.2) is 11.0 Å². The summed E-state index contributed by atoms with van der Waals surface area (Å²) in [6, 6.07) is 12.6. The van der Waals surface area contributed by atoms with Crippen molar-refractivity contribution in [2.24, 2.45) is 13.0 Å².